The van der Waals surface area contributed by atoms with E-state index in [0.29, 0.717) is 0 Å². The van der Waals surface area contributed by atoms with Gasteiger partial charge in [0.25, 0.3) is 0 Å². The van der Waals surface area contributed by atoms with Gasteiger partial charge in [0, 0.05) is 6.04 Å². The van der Waals surface area contributed by atoms with Crippen LogP contribution in [0.25, 0.3) is 0 Å². The number of amides is 1. The minimum atomic E-state index is -0.178. The fourth-order valence-electron chi connectivity index (χ4n) is 1.05. The Bertz CT molecular complexity index is 145. The zero-order valence-corrected chi connectivity index (χ0v) is 8.63. The summed E-state index contributed by atoms with van der Waals surface area (Å²) in [6.45, 7) is 10.6. The van der Waals surface area contributed by atoms with Gasteiger partial charge in [-0.05, 0) is 20.8 Å². The van der Waals surface area contributed by atoms with E-state index in [9.17, 15) is 4.79 Å². The van der Waals surface area contributed by atoms with Gasteiger partial charge >= 0.3 is 6.09 Å². The van der Waals surface area contributed by atoms with Crippen molar-refractivity contribution in [2.45, 2.75) is 46.8 Å². The predicted octanol–water partition coefficient (Wildman–Crippen LogP) is 2.26. The Morgan fingerprint density at radius 3 is 2.17 bits per heavy atom. The van der Waals surface area contributed by atoms with Gasteiger partial charge in [-0.3, -0.25) is 0 Å². The minimum Gasteiger partial charge on any atom is -0.444 e. The molecule has 0 aromatic rings. The molecular formula is C9H19NO2. The molecular weight excluding hydrogens is 154 g/mol. The first-order chi connectivity index (χ1) is 5.61. The van der Waals surface area contributed by atoms with E-state index in [4.69, 9.17) is 4.74 Å². The first-order valence-electron chi connectivity index (χ1n) is 4.58. The van der Waals surface area contributed by atoms with Gasteiger partial charge in [-0.1, -0.05) is 13.8 Å². The fourth-order valence-corrected chi connectivity index (χ4v) is 1.05. The van der Waals surface area contributed by atoms with Gasteiger partial charge in [-0.25, -0.2) is 4.79 Å². The third-order valence-corrected chi connectivity index (χ3v) is 1.61. The maximum absolute atomic E-state index is 10.9. The van der Waals surface area contributed by atoms with Gasteiger partial charge in [0.15, 0.2) is 0 Å². The Kier molecular flexibility index (Phi) is 4.71. The maximum Gasteiger partial charge on any atom is 0.410 e. The van der Waals surface area contributed by atoms with E-state index >= 15 is 0 Å². The lowest BCUT2D eigenvalue weighted by atomic mass is 10.3. The van der Waals surface area contributed by atoms with Gasteiger partial charge < -0.3 is 9.64 Å². The average Bonchev–Trinajstić information content (AvgIpc) is 2.34. The Hall–Kier alpha value is -0.730. The molecule has 0 aromatic carbocycles. The van der Waals surface area contributed by atoms with Crippen molar-refractivity contribution >= 4 is 6.09 Å². The van der Waals surface area contributed by atoms with E-state index in [-0.39, 0.29) is 18.2 Å². The third kappa shape index (κ3) is 2.72. The molecule has 1 fully saturated rings. The Morgan fingerprint density at radius 2 is 2.00 bits per heavy atom. The summed E-state index contributed by atoms with van der Waals surface area (Å²) in [6.07, 6.45) is -0.114. The summed E-state index contributed by atoms with van der Waals surface area (Å²) in [7, 11) is 0. The molecule has 0 spiro atoms. The number of carbonyl (C=O) groups excluding carboxylic acids is 1. The van der Waals surface area contributed by atoms with E-state index in [1.54, 1.807) is 4.90 Å². The number of nitrogens with zero attached hydrogens (tertiary/aromatic N) is 1. The molecule has 1 rings (SSSR count). The van der Waals surface area contributed by atoms with Gasteiger partial charge in [-0.2, -0.15) is 0 Å². The van der Waals surface area contributed by atoms with Gasteiger partial charge in [0.1, 0.15) is 6.10 Å². The first kappa shape index (κ1) is 11.3. The second-order valence-electron chi connectivity index (χ2n) is 2.94. The van der Waals surface area contributed by atoms with Crippen LogP contribution in [0.3, 0.4) is 0 Å². The Labute approximate surface area is 74.7 Å². The molecule has 0 saturated carbocycles. The molecule has 1 amide bonds. The molecule has 1 atom stereocenters. The van der Waals surface area contributed by atoms with Crippen LogP contribution in [0.4, 0.5) is 4.79 Å². The van der Waals surface area contributed by atoms with Crippen LogP contribution in [-0.2, 0) is 4.74 Å². The van der Waals surface area contributed by atoms with Crippen LogP contribution >= 0.6 is 0 Å². The summed E-state index contributed by atoms with van der Waals surface area (Å²) in [6, 6.07) is 0.262. The van der Waals surface area contributed by atoms with Gasteiger partial charge in [0.05, 0.1) is 6.54 Å². The fraction of sp³-hybridized carbons (Fsp3) is 0.889. The first-order valence-corrected chi connectivity index (χ1v) is 4.58. The van der Waals surface area contributed by atoms with Crippen molar-refractivity contribution in [2.24, 2.45) is 0 Å². The van der Waals surface area contributed by atoms with E-state index in [0.717, 1.165) is 6.54 Å². The topological polar surface area (TPSA) is 29.5 Å². The number of rotatable bonds is 1. The SMILES string of the molecule is CC.CC1CN(C(C)C)C(=O)O1. The van der Waals surface area contributed by atoms with Crippen LogP contribution in [0.2, 0.25) is 0 Å². The van der Waals surface area contributed by atoms with Crippen LogP contribution in [0, 0.1) is 0 Å². The molecule has 3 heteroatoms. The molecule has 1 unspecified atom stereocenters. The summed E-state index contributed by atoms with van der Waals surface area (Å²) in [4.78, 5) is 12.7. The van der Waals surface area contributed by atoms with Crippen molar-refractivity contribution in [1.82, 2.24) is 4.90 Å². The molecule has 72 valence electrons. The van der Waals surface area contributed by atoms with E-state index in [1.165, 1.54) is 0 Å². The normalized spacial score (nSPS) is 22.0. The predicted molar refractivity (Wildman–Crippen MR) is 49.1 cm³/mol. The van der Waals surface area contributed by atoms with Crippen molar-refractivity contribution in [3.63, 3.8) is 0 Å². The summed E-state index contributed by atoms with van der Waals surface area (Å²) >= 11 is 0. The molecule has 1 aliphatic rings. The average molecular weight is 173 g/mol. The molecule has 12 heavy (non-hydrogen) atoms. The number of carbonyl (C=O) groups is 1. The highest BCUT2D eigenvalue weighted by Gasteiger charge is 2.29. The molecule has 1 saturated heterocycles. The quantitative estimate of drug-likeness (QED) is 0.608. The number of hydrogen-bond donors (Lipinski definition) is 0. The molecule has 3 nitrogen and oxygen atoms in total. The highest BCUT2D eigenvalue weighted by atomic mass is 16.6. The Balaban J connectivity index is 0.000000561. The molecule has 1 aliphatic heterocycles. The van der Waals surface area contributed by atoms with Crippen molar-refractivity contribution in [3.8, 4) is 0 Å². The zero-order valence-electron chi connectivity index (χ0n) is 8.63. The second-order valence-corrected chi connectivity index (χ2v) is 2.94. The third-order valence-electron chi connectivity index (χ3n) is 1.61. The molecule has 0 bridgehead atoms. The molecule has 0 N–H and O–H groups in total. The summed E-state index contributed by atoms with van der Waals surface area (Å²) < 4.78 is 4.92. The summed E-state index contributed by atoms with van der Waals surface area (Å²) in [5.74, 6) is 0. The highest BCUT2D eigenvalue weighted by molar-refractivity contribution is 5.70. The van der Waals surface area contributed by atoms with E-state index in [2.05, 4.69) is 0 Å². The smallest absolute Gasteiger partial charge is 0.410 e. The van der Waals surface area contributed by atoms with Crippen molar-refractivity contribution in [1.29, 1.82) is 0 Å². The van der Waals surface area contributed by atoms with Gasteiger partial charge in [0.2, 0.25) is 0 Å². The molecule has 1 heterocycles. The lowest BCUT2D eigenvalue weighted by Gasteiger charge is -2.16. The van der Waals surface area contributed by atoms with Crippen LogP contribution in [0.5, 0.6) is 0 Å². The largest absolute Gasteiger partial charge is 0.444 e. The van der Waals surface area contributed by atoms with Crippen molar-refractivity contribution < 1.29 is 9.53 Å². The lowest BCUT2D eigenvalue weighted by molar-refractivity contribution is 0.135. The van der Waals surface area contributed by atoms with Crippen molar-refractivity contribution in [2.75, 3.05) is 6.54 Å². The molecule has 0 aromatic heterocycles. The second kappa shape index (κ2) is 5.01. The van der Waals surface area contributed by atoms with E-state index < -0.39 is 0 Å². The van der Waals surface area contributed by atoms with Crippen LogP contribution in [0.1, 0.15) is 34.6 Å². The van der Waals surface area contributed by atoms with Crippen LogP contribution in [0.15, 0.2) is 0 Å². The lowest BCUT2D eigenvalue weighted by Crippen LogP contribution is -2.31. The van der Waals surface area contributed by atoms with E-state index in [1.807, 2.05) is 34.6 Å². The maximum atomic E-state index is 10.9. The highest BCUT2D eigenvalue weighted by Crippen LogP contribution is 2.12. The van der Waals surface area contributed by atoms with Crippen LogP contribution < -0.4 is 0 Å². The minimum absolute atomic E-state index is 0.0647. The Morgan fingerprint density at radius 1 is 1.50 bits per heavy atom. The van der Waals surface area contributed by atoms with Gasteiger partial charge in [-0.15, -0.1) is 0 Å². The van der Waals surface area contributed by atoms with Crippen molar-refractivity contribution in [3.05, 3.63) is 0 Å². The standard InChI is InChI=1S/C7H13NO2.C2H6/c1-5(2)8-4-6(3)10-7(8)9;1-2/h5-6H,4H2,1-3H3;1-2H3. The molecule has 0 radical (unpaired) electrons. The summed E-state index contributed by atoms with van der Waals surface area (Å²) in [5.41, 5.74) is 0. The number of hydrogen-bond acceptors (Lipinski definition) is 2. The monoisotopic (exact) mass is 173 g/mol. The number of cyclic esters (lactones) is 1. The zero-order chi connectivity index (χ0) is 9.72. The molecule has 0 aliphatic carbocycles. The van der Waals surface area contributed by atoms with Crippen LogP contribution in [-0.4, -0.2) is 29.7 Å². The number of ether oxygens (including phenoxy) is 1. The summed E-state index contributed by atoms with van der Waals surface area (Å²) in [5, 5.41) is 0.